The molecule has 0 saturated heterocycles. The van der Waals surface area contributed by atoms with Crippen LogP contribution in [0.4, 0.5) is 4.39 Å². The number of halogens is 1. The zero-order valence-electron chi connectivity index (χ0n) is 13.7. The third-order valence-corrected chi connectivity index (χ3v) is 4.17. The summed E-state index contributed by atoms with van der Waals surface area (Å²) in [6.45, 7) is 0.462. The molecule has 0 radical (unpaired) electrons. The summed E-state index contributed by atoms with van der Waals surface area (Å²) in [6, 6.07) is 11.6. The van der Waals surface area contributed by atoms with E-state index in [0.29, 0.717) is 23.5 Å². The van der Waals surface area contributed by atoms with Gasteiger partial charge in [0.1, 0.15) is 18.5 Å². The lowest BCUT2D eigenvalue weighted by Crippen LogP contribution is -2.37. The molecular weight excluding hydrogens is 323 g/mol. The number of methoxy groups -OCH3 is 1. The lowest BCUT2D eigenvalue weighted by molar-refractivity contribution is -0.126. The highest BCUT2D eigenvalue weighted by molar-refractivity contribution is 5.79. The first-order valence-corrected chi connectivity index (χ1v) is 7.87. The molecule has 3 rings (SSSR count). The third-order valence-electron chi connectivity index (χ3n) is 4.17. The van der Waals surface area contributed by atoms with Crippen molar-refractivity contribution in [3.63, 3.8) is 0 Å². The molecule has 128 valence electrons. The Morgan fingerprint density at radius 3 is 3.00 bits per heavy atom. The number of para-hydroxylation sites is 1. The van der Waals surface area contributed by atoms with Gasteiger partial charge >= 0.3 is 0 Å². The molecule has 0 saturated carbocycles. The first kappa shape index (κ1) is 16.8. The number of hydrogen-bond donors (Lipinski definition) is 1. The van der Waals surface area contributed by atoms with Crippen molar-refractivity contribution in [3.8, 4) is 17.6 Å². The minimum absolute atomic E-state index is 0.0127. The van der Waals surface area contributed by atoms with Gasteiger partial charge in [-0.05, 0) is 35.7 Å². The monoisotopic (exact) mass is 340 g/mol. The number of carbonyl (C=O) groups excluding carboxylic acids is 1. The van der Waals surface area contributed by atoms with Crippen LogP contribution in [0.25, 0.3) is 0 Å². The Morgan fingerprint density at radius 2 is 2.28 bits per heavy atom. The fourth-order valence-corrected chi connectivity index (χ4v) is 2.82. The summed E-state index contributed by atoms with van der Waals surface area (Å²) in [5.41, 5.74) is 1.51. The molecule has 0 aliphatic carbocycles. The normalized spacial score (nSPS) is 15.5. The van der Waals surface area contributed by atoms with Crippen LogP contribution in [0.1, 0.15) is 16.7 Å². The number of carbonyl (C=O) groups is 1. The minimum atomic E-state index is -0.587. The van der Waals surface area contributed by atoms with Crippen molar-refractivity contribution in [2.45, 2.75) is 13.0 Å². The lowest BCUT2D eigenvalue weighted by Gasteiger charge is -2.25. The van der Waals surface area contributed by atoms with E-state index in [1.807, 2.05) is 18.2 Å². The molecule has 1 amide bonds. The second-order valence-electron chi connectivity index (χ2n) is 5.80. The van der Waals surface area contributed by atoms with Gasteiger partial charge in [-0.3, -0.25) is 4.79 Å². The number of ether oxygens (including phenoxy) is 2. The molecule has 1 N–H and O–H groups in total. The van der Waals surface area contributed by atoms with Crippen LogP contribution in [-0.4, -0.2) is 19.6 Å². The predicted molar refractivity (Wildman–Crippen MR) is 88.6 cm³/mol. The van der Waals surface area contributed by atoms with Gasteiger partial charge in [0.25, 0.3) is 0 Å². The molecule has 1 aliphatic rings. The van der Waals surface area contributed by atoms with Gasteiger partial charge in [0.2, 0.25) is 5.91 Å². The molecule has 0 fully saturated rings. The van der Waals surface area contributed by atoms with Crippen molar-refractivity contribution in [1.29, 1.82) is 5.26 Å². The summed E-state index contributed by atoms with van der Waals surface area (Å²) < 4.78 is 24.6. The van der Waals surface area contributed by atoms with Crippen molar-refractivity contribution in [1.82, 2.24) is 5.32 Å². The van der Waals surface area contributed by atoms with Crippen LogP contribution in [-0.2, 0) is 17.8 Å². The number of hydrogen-bond acceptors (Lipinski definition) is 4. The van der Waals surface area contributed by atoms with Gasteiger partial charge in [-0.25, -0.2) is 4.39 Å². The van der Waals surface area contributed by atoms with E-state index in [0.717, 1.165) is 5.56 Å². The van der Waals surface area contributed by atoms with Crippen LogP contribution >= 0.6 is 0 Å². The van der Waals surface area contributed by atoms with Crippen molar-refractivity contribution in [3.05, 3.63) is 58.9 Å². The van der Waals surface area contributed by atoms with E-state index in [4.69, 9.17) is 14.7 Å². The van der Waals surface area contributed by atoms with Crippen molar-refractivity contribution in [2.24, 2.45) is 5.92 Å². The molecular formula is C19H17FN2O3. The van der Waals surface area contributed by atoms with E-state index in [1.54, 1.807) is 19.2 Å². The maximum Gasteiger partial charge on any atom is 0.227 e. The van der Waals surface area contributed by atoms with Crippen molar-refractivity contribution < 1.29 is 18.7 Å². The Balaban J connectivity index is 1.63. The van der Waals surface area contributed by atoms with Crippen LogP contribution in [0.5, 0.6) is 11.5 Å². The van der Waals surface area contributed by atoms with Crippen LogP contribution in [0.3, 0.4) is 0 Å². The van der Waals surface area contributed by atoms with Crippen LogP contribution in [0, 0.1) is 23.1 Å². The SMILES string of the molecule is COc1cccc2c1OCC(C(=O)NCc1ccc(C#N)c(F)c1)C2. The third kappa shape index (κ3) is 3.56. The van der Waals surface area contributed by atoms with Crippen LogP contribution < -0.4 is 14.8 Å². The van der Waals surface area contributed by atoms with Crippen LogP contribution in [0.15, 0.2) is 36.4 Å². The van der Waals surface area contributed by atoms with E-state index in [9.17, 15) is 9.18 Å². The van der Waals surface area contributed by atoms with Crippen LogP contribution in [0.2, 0.25) is 0 Å². The quantitative estimate of drug-likeness (QED) is 0.929. The second-order valence-corrected chi connectivity index (χ2v) is 5.80. The summed E-state index contributed by atoms with van der Waals surface area (Å²) in [7, 11) is 1.58. The van der Waals surface area contributed by atoms with Gasteiger partial charge in [-0.1, -0.05) is 18.2 Å². The number of nitrogens with zero attached hydrogens (tertiary/aromatic N) is 1. The first-order valence-electron chi connectivity index (χ1n) is 7.87. The Morgan fingerprint density at radius 1 is 1.44 bits per heavy atom. The number of rotatable bonds is 4. The standard InChI is InChI=1S/C19H17FN2O3/c1-24-17-4-2-3-13-8-15(11-25-18(13)17)19(23)22-10-12-5-6-14(9-21)16(20)7-12/h2-7,15H,8,10-11H2,1H3,(H,22,23). The fourth-order valence-electron chi connectivity index (χ4n) is 2.82. The maximum atomic E-state index is 13.6. The molecule has 2 aromatic rings. The predicted octanol–water partition coefficient (Wildman–Crippen LogP) is 2.57. The van der Waals surface area contributed by atoms with Gasteiger partial charge in [-0.2, -0.15) is 5.26 Å². The van der Waals surface area contributed by atoms with E-state index < -0.39 is 5.82 Å². The molecule has 1 heterocycles. The molecule has 6 heteroatoms. The highest BCUT2D eigenvalue weighted by Crippen LogP contribution is 2.36. The average Bonchev–Trinajstić information content (AvgIpc) is 2.65. The zero-order chi connectivity index (χ0) is 17.8. The minimum Gasteiger partial charge on any atom is -0.493 e. The number of nitrogens with one attached hydrogen (secondary N) is 1. The zero-order valence-corrected chi connectivity index (χ0v) is 13.7. The number of benzene rings is 2. The number of fused-ring (bicyclic) bond motifs is 1. The summed E-state index contributed by atoms with van der Waals surface area (Å²) in [6.07, 6.45) is 0.556. The highest BCUT2D eigenvalue weighted by atomic mass is 19.1. The molecule has 5 nitrogen and oxygen atoms in total. The van der Waals surface area contributed by atoms with Crippen molar-refractivity contribution in [2.75, 3.05) is 13.7 Å². The molecule has 0 aromatic heterocycles. The van der Waals surface area contributed by atoms with E-state index in [-0.39, 0.29) is 30.5 Å². The van der Waals surface area contributed by atoms with E-state index in [1.165, 1.54) is 12.1 Å². The smallest absolute Gasteiger partial charge is 0.227 e. The molecule has 0 bridgehead atoms. The molecule has 25 heavy (non-hydrogen) atoms. The summed E-state index contributed by atoms with van der Waals surface area (Å²) >= 11 is 0. The fraction of sp³-hybridized carbons (Fsp3) is 0.263. The van der Waals surface area contributed by atoms with E-state index >= 15 is 0 Å². The van der Waals surface area contributed by atoms with Gasteiger partial charge in [0.15, 0.2) is 11.5 Å². The molecule has 2 aromatic carbocycles. The van der Waals surface area contributed by atoms with Gasteiger partial charge < -0.3 is 14.8 Å². The molecule has 1 aliphatic heterocycles. The molecule has 0 spiro atoms. The van der Waals surface area contributed by atoms with E-state index in [2.05, 4.69) is 5.32 Å². The first-order chi connectivity index (χ1) is 12.1. The Hall–Kier alpha value is -3.07. The summed E-state index contributed by atoms with van der Waals surface area (Å²) in [5.74, 6) is 0.282. The summed E-state index contributed by atoms with van der Waals surface area (Å²) in [4.78, 5) is 12.4. The summed E-state index contributed by atoms with van der Waals surface area (Å²) in [5, 5.41) is 11.5. The average molecular weight is 340 g/mol. The number of amides is 1. The topological polar surface area (TPSA) is 71.3 Å². The Labute approximate surface area is 145 Å². The largest absolute Gasteiger partial charge is 0.493 e. The Bertz CT molecular complexity index is 845. The van der Waals surface area contributed by atoms with Gasteiger partial charge in [-0.15, -0.1) is 0 Å². The lowest BCUT2D eigenvalue weighted by atomic mass is 9.95. The second kappa shape index (κ2) is 7.22. The van der Waals surface area contributed by atoms with Gasteiger partial charge in [0, 0.05) is 6.54 Å². The molecule has 1 atom stereocenters. The molecule has 1 unspecified atom stereocenters. The van der Waals surface area contributed by atoms with Gasteiger partial charge in [0.05, 0.1) is 18.6 Å². The highest BCUT2D eigenvalue weighted by Gasteiger charge is 2.27. The number of nitriles is 1. The Kier molecular flexibility index (Phi) is 4.85. The van der Waals surface area contributed by atoms with Crippen molar-refractivity contribution >= 4 is 5.91 Å². The maximum absolute atomic E-state index is 13.6.